The minimum absolute atomic E-state index is 0.0720. The molecule has 0 saturated carbocycles. The number of amides is 3. The zero-order chi connectivity index (χ0) is 27.4. The first-order chi connectivity index (χ1) is 16.5. The Morgan fingerprint density at radius 1 is 0.917 bits per heavy atom. The number of rotatable bonds is 6. The molecule has 2 rings (SSSR count). The number of hydrogen-bond donors (Lipinski definition) is 3. The van der Waals surface area contributed by atoms with Crippen LogP contribution in [-0.4, -0.2) is 45.1 Å². The second-order valence-corrected chi connectivity index (χ2v) is 11.0. The summed E-state index contributed by atoms with van der Waals surface area (Å²) in [4.78, 5) is 41.4. The number of benzene rings is 2. The normalized spacial score (nSPS) is 13.4. The van der Waals surface area contributed by atoms with Gasteiger partial charge in [0.1, 0.15) is 23.4 Å². The number of carbonyl (C=O) groups excluding carboxylic acids is 3. The van der Waals surface area contributed by atoms with E-state index in [4.69, 9.17) is 4.74 Å². The van der Waals surface area contributed by atoms with E-state index in [9.17, 15) is 19.5 Å². The molecule has 8 nitrogen and oxygen atoms in total. The van der Waals surface area contributed by atoms with Crippen molar-refractivity contribution in [2.45, 2.75) is 85.5 Å². The molecule has 3 amide bonds. The van der Waals surface area contributed by atoms with Gasteiger partial charge in [0.25, 0.3) is 5.91 Å². The summed E-state index contributed by atoms with van der Waals surface area (Å²) in [5, 5.41) is 16.4. The van der Waals surface area contributed by atoms with E-state index in [0.717, 1.165) is 5.56 Å². The molecule has 2 atom stereocenters. The monoisotopic (exact) mass is 497 g/mol. The van der Waals surface area contributed by atoms with Crippen LogP contribution in [-0.2, 0) is 14.3 Å². The molecule has 0 aliphatic rings. The van der Waals surface area contributed by atoms with Crippen LogP contribution < -0.4 is 10.6 Å². The molecule has 0 aliphatic carbocycles. The molecule has 2 aromatic carbocycles. The summed E-state index contributed by atoms with van der Waals surface area (Å²) in [5.41, 5.74) is 0.717. The molecule has 8 heteroatoms. The van der Waals surface area contributed by atoms with Crippen molar-refractivity contribution in [3.63, 3.8) is 0 Å². The van der Waals surface area contributed by atoms with E-state index >= 15 is 0 Å². The van der Waals surface area contributed by atoms with Crippen LogP contribution in [0, 0.1) is 13.8 Å². The fourth-order valence-electron chi connectivity index (χ4n) is 3.81. The van der Waals surface area contributed by atoms with Gasteiger partial charge in [-0.3, -0.25) is 9.59 Å². The smallest absolute Gasteiger partial charge is 0.408 e. The number of anilines is 1. The van der Waals surface area contributed by atoms with Gasteiger partial charge < -0.3 is 25.4 Å². The van der Waals surface area contributed by atoms with Gasteiger partial charge in [0.2, 0.25) is 5.91 Å². The summed E-state index contributed by atoms with van der Waals surface area (Å²) in [6.07, 6.45) is -0.739. The standard InChI is InChI=1S/C28H39N3O5/c1-17-13-10-11-16-21(17)30-24(33)22(20-15-12-14-18(2)23(20)32)31(27(4,5)6)25(34)19(3)29-26(35)36-28(7,8)9/h10-16,19,22,32H,1-9H3,(H,29,35)(H,30,33). The first-order valence-electron chi connectivity index (χ1n) is 12.0. The van der Waals surface area contributed by atoms with E-state index < -0.39 is 41.1 Å². The molecule has 0 aromatic heterocycles. The maximum absolute atomic E-state index is 13.8. The van der Waals surface area contributed by atoms with Crippen LogP contribution in [0.5, 0.6) is 5.75 Å². The average molecular weight is 498 g/mol. The van der Waals surface area contributed by atoms with Crippen molar-refractivity contribution in [2.24, 2.45) is 0 Å². The van der Waals surface area contributed by atoms with Gasteiger partial charge in [-0.05, 0) is 79.5 Å². The predicted molar refractivity (Wildman–Crippen MR) is 141 cm³/mol. The van der Waals surface area contributed by atoms with E-state index in [-0.39, 0.29) is 11.3 Å². The van der Waals surface area contributed by atoms with E-state index in [1.807, 2.05) is 19.1 Å². The minimum Gasteiger partial charge on any atom is -0.507 e. The Balaban J connectivity index is 2.56. The summed E-state index contributed by atoms with van der Waals surface area (Å²) in [6, 6.07) is 10.2. The Morgan fingerprint density at radius 2 is 1.50 bits per heavy atom. The highest BCUT2D eigenvalue weighted by Crippen LogP contribution is 2.36. The lowest BCUT2D eigenvalue weighted by molar-refractivity contribution is -0.146. The minimum atomic E-state index is -1.18. The highest BCUT2D eigenvalue weighted by Gasteiger charge is 2.42. The Morgan fingerprint density at radius 3 is 2.06 bits per heavy atom. The molecule has 2 unspecified atom stereocenters. The molecule has 196 valence electrons. The van der Waals surface area contributed by atoms with Crippen molar-refractivity contribution < 1.29 is 24.2 Å². The number of nitrogens with one attached hydrogen (secondary N) is 2. The third kappa shape index (κ3) is 7.23. The molecule has 2 aromatic rings. The van der Waals surface area contributed by atoms with Gasteiger partial charge in [-0.1, -0.05) is 36.4 Å². The highest BCUT2D eigenvalue weighted by atomic mass is 16.6. The van der Waals surface area contributed by atoms with E-state index in [0.29, 0.717) is 11.3 Å². The van der Waals surface area contributed by atoms with E-state index in [1.54, 1.807) is 78.8 Å². The summed E-state index contributed by atoms with van der Waals surface area (Å²) < 4.78 is 5.30. The van der Waals surface area contributed by atoms with Crippen LogP contribution in [0.2, 0.25) is 0 Å². The zero-order valence-corrected chi connectivity index (χ0v) is 22.7. The van der Waals surface area contributed by atoms with Gasteiger partial charge in [0.05, 0.1) is 0 Å². The largest absolute Gasteiger partial charge is 0.507 e. The number of alkyl carbamates (subject to hydrolysis) is 1. The van der Waals surface area contributed by atoms with Crippen molar-refractivity contribution >= 4 is 23.6 Å². The van der Waals surface area contributed by atoms with Crippen LogP contribution in [0.25, 0.3) is 0 Å². The van der Waals surface area contributed by atoms with Gasteiger partial charge in [0, 0.05) is 16.8 Å². The lowest BCUT2D eigenvalue weighted by atomic mass is 9.94. The van der Waals surface area contributed by atoms with Gasteiger partial charge in [-0.25, -0.2) is 4.79 Å². The number of ether oxygens (including phenoxy) is 1. The maximum Gasteiger partial charge on any atom is 0.408 e. The van der Waals surface area contributed by atoms with Crippen LogP contribution in [0.15, 0.2) is 42.5 Å². The van der Waals surface area contributed by atoms with Gasteiger partial charge in [-0.2, -0.15) is 0 Å². The summed E-state index contributed by atoms with van der Waals surface area (Å²) in [7, 11) is 0. The number of aromatic hydroxyl groups is 1. The second kappa shape index (κ2) is 11.0. The lowest BCUT2D eigenvalue weighted by Crippen LogP contribution is -2.57. The maximum atomic E-state index is 13.8. The summed E-state index contributed by atoms with van der Waals surface area (Å²) in [6.45, 7) is 15.7. The third-order valence-electron chi connectivity index (χ3n) is 5.54. The van der Waals surface area contributed by atoms with Crippen LogP contribution in [0.4, 0.5) is 10.5 Å². The third-order valence-corrected chi connectivity index (χ3v) is 5.54. The van der Waals surface area contributed by atoms with Crippen molar-refractivity contribution in [3.8, 4) is 5.75 Å². The molecule has 0 spiro atoms. The molecule has 0 aliphatic heterocycles. The molecule has 0 fully saturated rings. The van der Waals surface area contributed by atoms with Crippen LogP contribution in [0.1, 0.15) is 71.2 Å². The van der Waals surface area contributed by atoms with Gasteiger partial charge in [-0.15, -0.1) is 0 Å². The molecule has 0 heterocycles. The Hall–Kier alpha value is -3.55. The molecule has 0 bridgehead atoms. The van der Waals surface area contributed by atoms with Crippen molar-refractivity contribution in [1.82, 2.24) is 10.2 Å². The number of para-hydroxylation sites is 2. The SMILES string of the molecule is Cc1ccccc1NC(=O)C(c1cccc(C)c1O)N(C(=O)C(C)NC(=O)OC(C)(C)C)C(C)(C)C. The van der Waals surface area contributed by atoms with Gasteiger partial charge >= 0.3 is 6.09 Å². The molecule has 3 N–H and O–H groups in total. The number of phenols is 1. The second-order valence-electron chi connectivity index (χ2n) is 11.0. The summed E-state index contributed by atoms with van der Waals surface area (Å²) >= 11 is 0. The highest BCUT2D eigenvalue weighted by molar-refractivity contribution is 6.00. The van der Waals surface area contributed by atoms with Crippen molar-refractivity contribution in [2.75, 3.05) is 5.32 Å². The van der Waals surface area contributed by atoms with Crippen molar-refractivity contribution in [3.05, 3.63) is 59.2 Å². The molecule has 36 heavy (non-hydrogen) atoms. The quantitative estimate of drug-likeness (QED) is 0.507. The topological polar surface area (TPSA) is 108 Å². The van der Waals surface area contributed by atoms with Gasteiger partial charge in [0.15, 0.2) is 0 Å². The Kier molecular flexibility index (Phi) is 8.78. The predicted octanol–water partition coefficient (Wildman–Crippen LogP) is 5.23. The first kappa shape index (κ1) is 28.7. The number of phenolic OH excluding ortho intramolecular Hbond substituents is 1. The fraction of sp³-hybridized carbons (Fsp3) is 0.464. The van der Waals surface area contributed by atoms with E-state index in [2.05, 4.69) is 10.6 Å². The average Bonchev–Trinajstić information content (AvgIpc) is 2.73. The Bertz CT molecular complexity index is 1110. The molecular formula is C28H39N3O5. The molecule has 0 saturated heterocycles. The number of hydrogen-bond acceptors (Lipinski definition) is 5. The van der Waals surface area contributed by atoms with E-state index in [1.165, 1.54) is 11.8 Å². The fourth-order valence-corrected chi connectivity index (χ4v) is 3.81. The number of carbonyl (C=O) groups is 3. The molecular weight excluding hydrogens is 458 g/mol. The van der Waals surface area contributed by atoms with Crippen LogP contribution >= 0.6 is 0 Å². The summed E-state index contributed by atoms with van der Waals surface area (Å²) in [5.74, 6) is -1.06. The Labute approximate surface area is 214 Å². The molecule has 0 radical (unpaired) electrons. The number of nitrogens with zero attached hydrogens (tertiary/aromatic N) is 1. The first-order valence-corrected chi connectivity index (χ1v) is 12.0. The van der Waals surface area contributed by atoms with Crippen LogP contribution in [0.3, 0.4) is 0 Å². The zero-order valence-electron chi connectivity index (χ0n) is 22.7. The van der Waals surface area contributed by atoms with Crippen molar-refractivity contribution in [1.29, 1.82) is 0 Å². The number of aryl methyl sites for hydroxylation is 2. The lowest BCUT2D eigenvalue weighted by Gasteiger charge is -2.42.